The Bertz CT molecular complexity index is 1040. The first kappa shape index (κ1) is 19.3. The van der Waals surface area contributed by atoms with Gasteiger partial charge in [-0.15, -0.1) is 11.3 Å². The molecule has 0 atom stereocenters. The Morgan fingerprint density at radius 1 is 1.24 bits per heavy atom. The highest BCUT2D eigenvalue weighted by Crippen LogP contribution is 2.47. The monoisotopic (exact) mass is 413 g/mol. The molecule has 0 unspecified atom stereocenters. The van der Waals surface area contributed by atoms with E-state index in [0.29, 0.717) is 28.7 Å². The van der Waals surface area contributed by atoms with Crippen molar-refractivity contribution in [3.8, 4) is 0 Å². The molecular formula is C21H20FN3O3S. The maximum Gasteiger partial charge on any atom is 0.260 e. The molecule has 2 N–H and O–H groups in total. The van der Waals surface area contributed by atoms with Crippen LogP contribution in [0.2, 0.25) is 0 Å². The average Bonchev–Trinajstić information content (AvgIpc) is 3.16. The number of anilines is 1. The van der Waals surface area contributed by atoms with Crippen molar-refractivity contribution in [2.24, 2.45) is 0 Å². The molecule has 0 radical (unpaired) electrons. The summed E-state index contributed by atoms with van der Waals surface area (Å²) in [5, 5.41) is 7.86. The van der Waals surface area contributed by atoms with E-state index in [-0.39, 0.29) is 29.5 Å². The minimum atomic E-state index is -0.295. The summed E-state index contributed by atoms with van der Waals surface area (Å²) in [6, 6.07) is 8.07. The highest BCUT2D eigenvalue weighted by atomic mass is 32.1. The molecule has 150 valence electrons. The molecule has 2 amide bonds. The number of furan rings is 1. The summed E-state index contributed by atoms with van der Waals surface area (Å²) in [6.45, 7) is 2.23. The van der Waals surface area contributed by atoms with E-state index in [1.165, 1.54) is 29.7 Å². The van der Waals surface area contributed by atoms with Crippen LogP contribution >= 0.6 is 11.3 Å². The Morgan fingerprint density at radius 3 is 2.66 bits per heavy atom. The number of thiazole rings is 1. The zero-order valence-electron chi connectivity index (χ0n) is 15.8. The quantitative estimate of drug-likeness (QED) is 0.617. The van der Waals surface area contributed by atoms with Crippen LogP contribution in [0.1, 0.15) is 40.2 Å². The van der Waals surface area contributed by atoms with Gasteiger partial charge in [-0.05, 0) is 43.5 Å². The van der Waals surface area contributed by atoms with E-state index in [2.05, 4.69) is 15.6 Å². The minimum absolute atomic E-state index is 0.0903. The van der Waals surface area contributed by atoms with Gasteiger partial charge in [-0.1, -0.05) is 12.1 Å². The molecule has 1 aromatic carbocycles. The normalized spacial score (nSPS) is 14.4. The van der Waals surface area contributed by atoms with Crippen LogP contribution in [0.25, 0.3) is 0 Å². The van der Waals surface area contributed by atoms with E-state index < -0.39 is 0 Å². The fourth-order valence-corrected chi connectivity index (χ4v) is 3.95. The third-order valence-corrected chi connectivity index (χ3v) is 5.96. The lowest BCUT2D eigenvalue weighted by Crippen LogP contribution is -2.33. The van der Waals surface area contributed by atoms with Crippen molar-refractivity contribution in [3.05, 3.63) is 70.4 Å². The van der Waals surface area contributed by atoms with Crippen molar-refractivity contribution in [1.82, 2.24) is 10.3 Å². The van der Waals surface area contributed by atoms with Crippen molar-refractivity contribution < 1.29 is 18.4 Å². The van der Waals surface area contributed by atoms with E-state index in [4.69, 9.17) is 4.42 Å². The van der Waals surface area contributed by atoms with E-state index in [9.17, 15) is 14.0 Å². The molecule has 0 saturated heterocycles. The van der Waals surface area contributed by atoms with Crippen molar-refractivity contribution in [3.63, 3.8) is 0 Å². The molecule has 29 heavy (non-hydrogen) atoms. The van der Waals surface area contributed by atoms with Crippen LogP contribution < -0.4 is 10.6 Å². The standard InChI is InChI=1S/C21H20FN3O3S/c1-13-17(6-9-28-13)19(27)25-20-24-16(11-29-20)10-18(26)23-12-21(7-8-21)14-2-4-15(22)5-3-14/h2-6,9,11H,7-8,10,12H2,1H3,(H,23,26)(H,24,25,27). The molecule has 1 saturated carbocycles. The van der Waals surface area contributed by atoms with Crippen LogP contribution in [-0.2, 0) is 16.6 Å². The number of nitrogens with zero attached hydrogens (tertiary/aromatic N) is 1. The van der Waals surface area contributed by atoms with Gasteiger partial charge in [0.25, 0.3) is 5.91 Å². The number of aromatic nitrogens is 1. The van der Waals surface area contributed by atoms with Gasteiger partial charge in [0.1, 0.15) is 11.6 Å². The molecule has 1 fully saturated rings. The van der Waals surface area contributed by atoms with Crippen LogP contribution in [0.15, 0.2) is 46.4 Å². The highest BCUT2D eigenvalue weighted by Gasteiger charge is 2.44. The second kappa shape index (κ2) is 7.79. The molecule has 2 aromatic heterocycles. The van der Waals surface area contributed by atoms with Crippen LogP contribution in [0.3, 0.4) is 0 Å². The molecule has 0 aliphatic heterocycles. The fourth-order valence-electron chi connectivity index (χ4n) is 3.25. The van der Waals surface area contributed by atoms with Crippen LogP contribution in [0.4, 0.5) is 9.52 Å². The zero-order valence-corrected chi connectivity index (χ0v) is 16.6. The van der Waals surface area contributed by atoms with Crippen molar-refractivity contribution >= 4 is 28.3 Å². The van der Waals surface area contributed by atoms with Crippen LogP contribution in [0.5, 0.6) is 0 Å². The summed E-state index contributed by atoms with van der Waals surface area (Å²) in [4.78, 5) is 28.8. The smallest absolute Gasteiger partial charge is 0.260 e. The molecular weight excluding hydrogens is 393 g/mol. The Kier molecular flexibility index (Phi) is 5.19. The van der Waals surface area contributed by atoms with E-state index in [1.807, 2.05) is 0 Å². The van der Waals surface area contributed by atoms with E-state index in [0.717, 1.165) is 18.4 Å². The molecule has 4 rings (SSSR count). The Hall–Kier alpha value is -3.00. The summed E-state index contributed by atoms with van der Waals surface area (Å²) in [5.41, 5.74) is 2.01. The molecule has 0 spiro atoms. The van der Waals surface area contributed by atoms with Gasteiger partial charge in [-0.3, -0.25) is 14.9 Å². The lowest BCUT2D eigenvalue weighted by Gasteiger charge is -2.16. The number of benzene rings is 1. The van der Waals surface area contributed by atoms with E-state index in [1.54, 1.807) is 30.5 Å². The van der Waals surface area contributed by atoms with Gasteiger partial charge in [-0.2, -0.15) is 0 Å². The summed E-state index contributed by atoms with van der Waals surface area (Å²) < 4.78 is 18.3. The van der Waals surface area contributed by atoms with Crippen molar-refractivity contribution in [1.29, 1.82) is 0 Å². The summed E-state index contributed by atoms with van der Waals surface area (Å²) in [7, 11) is 0. The largest absolute Gasteiger partial charge is 0.469 e. The Balaban J connectivity index is 1.30. The first-order valence-electron chi connectivity index (χ1n) is 9.28. The number of carbonyl (C=O) groups excluding carboxylic acids is 2. The van der Waals surface area contributed by atoms with Crippen LogP contribution in [0, 0.1) is 12.7 Å². The number of aryl methyl sites for hydroxylation is 1. The van der Waals surface area contributed by atoms with Gasteiger partial charge in [0, 0.05) is 17.3 Å². The van der Waals surface area contributed by atoms with Gasteiger partial charge in [-0.25, -0.2) is 9.37 Å². The number of hydrogen-bond acceptors (Lipinski definition) is 5. The third-order valence-electron chi connectivity index (χ3n) is 5.15. The third kappa shape index (κ3) is 4.37. The SMILES string of the molecule is Cc1occc1C(=O)Nc1nc(CC(=O)NCC2(c3ccc(F)cc3)CC2)cs1. The summed E-state index contributed by atoms with van der Waals surface area (Å²) >= 11 is 1.27. The molecule has 3 aromatic rings. The number of amides is 2. The molecule has 1 aliphatic carbocycles. The maximum absolute atomic E-state index is 13.1. The van der Waals surface area contributed by atoms with Gasteiger partial charge >= 0.3 is 0 Å². The van der Waals surface area contributed by atoms with Gasteiger partial charge in [0.15, 0.2) is 5.13 Å². The molecule has 1 aliphatic rings. The Labute approximate surface area is 171 Å². The van der Waals surface area contributed by atoms with Crippen LogP contribution in [-0.4, -0.2) is 23.3 Å². The maximum atomic E-state index is 13.1. The summed E-state index contributed by atoms with van der Waals surface area (Å²) in [6.07, 6.45) is 3.54. The second-order valence-corrected chi connectivity index (χ2v) is 8.09. The average molecular weight is 413 g/mol. The number of carbonyl (C=O) groups is 2. The molecule has 8 heteroatoms. The highest BCUT2D eigenvalue weighted by molar-refractivity contribution is 7.14. The number of nitrogens with one attached hydrogen (secondary N) is 2. The Morgan fingerprint density at radius 2 is 2.00 bits per heavy atom. The van der Waals surface area contributed by atoms with Gasteiger partial charge in [0.05, 0.1) is 23.9 Å². The second-order valence-electron chi connectivity index (χ2n) is 7.23. The lowest BCUT2D eigenvalue weighted by atomic mass is 9.96. The topological polar surface area (TPSA) is 84.2 Å². The first-order chi connectivity index (χ1) is 13.9. The van der Waals surface area contributed by atoms with Crippen molar-refractivity contribution in [2.45, 2.75) is 31.6 Å². The summed E-state index contributed by atoms with van der Waals surface area (Å²) in [5.74, 6) is -0.152. The first-order valence-corrected chi connectivity index (χ1v) is 10.2. The number of halogens is 1. The van der Waals surface area contributed by atoms with Gasteiger partial charge < -0.3 is 9.73 Å². The minimum Gasteiger partial charge on any atom is -0.469 e. The molecule has 0 bridgehead atoms. The lowest BCUT2D eigenvalue weighted by molar-refractivity contribution is -0.120. The van der Waals surface area contributed by atoms with Crippen molar-refractivity contribution in [2.75, 3.05) is 11.9 Å². The number of rotatable bonds is 7. The molecule has 2 heterocycles. The zero-order chi connectivity index (χ0) is 20.4. The fraction of sp³-hybridized carbons (Fsp3) is 0.286. The van der Waals surface area contributed by atoms with E-state index >= 15 is 0 Å². The predicted octanol–water partition coefficient (Wildman–Crippen LogP) is 3.83. The number of hydrogen-bond donors (Lipinski definition) is 2. The van der Waals surface area contributed by atoms with Gasteiger partial charge in [0.2, 0.25) is 5.91 Å². The predicted molar refractivity (Wildman–Crippen MR) is 108 cm³/mol. The molecule has 6 nitrogen and oxygen atoms in total.